The summed E-state index contributed by atoms with van der Waals surface area (Å²) >= 11 is 0. The van der Waals surface area contributed by atoms with Gasteiger partial charge in [0.15, 0.2) is 0 Å². The molecule has 1 heterocycles. The summed E-state index contributed by atoms with van der Waals surface area (Å²) in [4.78, 5) is 29.3. The number of anilines is 2. The van der Waals surface area contributed by atoms with Crippen LogP contribution in [0.25, 0.3) is 0 Å². The quantitative estimate of drug-likeness (QED) is 0.693. The second kappa shape index (κ2) is 8.52. The highest BCUT2D eigenvalue weighted by molar-refractivity contribution is 5.76. The van der Waals surface area contributed by atoms with Crippen molar-refractivity contribution in [2.75, 3.05) is 5.32 Å². The third-order valence-corrected chi connectivity index (χ3v) is 4.53. The van der Waals surface area contributed by atoms with Gasteiger partial charge in [-0.1, -0.05) is 36.4 Å². The Morgan fingerprint density at radius 2 is 1.75 bits per heavy atom. The summed E-state index contributed by atoms with van der Waals surface area (Å²) < 4.78 is 1.35. The van der Waals surface area contributed by atoms with Crippen LogP contribution in [0.3, 0.4) is 0 Å². The van der Waals surface area contributed by atoms with Gasteiger partial charge in [0.05, 0.1) is 0 Å². The van der Waals surface area contributed by atoms with E-state index in [0.29, 0.717) is 18.2 Å². The maximum absolute atomic E-state index is 12.5. The molecule has 3 rings (SSSR count). The first-order chi connectivity index (χ1) is 13.4. The number of nitrogens with one attached hydrogen (secondary N) is 2. The lowest BCUT2D eigenvalue weighted by Gasteiger charge is -2.15. The summed E-state index contributed by atoms with van der Waals surface area (Å²) in [6.07, 6.45) is 0. The number of aromatic nitrogens is 2. The van der Waals surface area contributed by atoms with E-state index in [4.69, 9.17) is 0 Å². The molecule has 0 saturated heterocycles. The zero-order chi connectivity index (χ0) is 20.1. The van der Waals surface area contributed by atoms with Crippen LogP contribution in [-0.2, 0) is 17.9 Å². The smallest absolute Gasteiger partial charge is 0.255 e. The van der Waals surface area contributed by atoms with Crippen LogP contribution in [0, 0.1) is 20.8 Å². The highest BCUT2D eigenvalue weighted by atomic mass is 16.2. The molecule has 6 heteroatoms. The Morgan fingerprint density at radius 3 is 2.46 bits per heavy atom. The fourth-order valence-electron chi connectivity index (χ4n) is 2.81. The van der Waals surface area contributed by atoms with E-state index >= 15 is 0 Å². The third-order valence-electron chi connectivity index (χ3n) is 4.53. The topological polar surface area (TPSA) is 76.0 Å². The fourth-order valence-corrected chi connectivity index (χ4v) is 2.81. The van der Waals surface area contributed by atoms with Crippen molar-refractivity contribution in [3.8, 4) is 0 Å². The standard InChI is InChI=1S/C22H24N4O2/c1-15-9-10-19(11-16(15)2)25-22-24-17(3)12-21(28)26(22)14-20(27)23-13-18-7-5-4-6-8-18/h4-12H,13-14H2,1-3H3,(H,23,27)(H,24,25). The van der Waals surface area contributed by atoms with Gasteiger partial charge in [-0.2, -0.15) is 0 Å². The van der Waals surface area contributed by atoms with Crippen LogP contribution >= 0.6 is 0 Å². The van der Waals surface area contributed by atoms with E-state index in [1.807, 2.05) is 62.4 Å². The van der Waals surface area contributed by atoms with Crippen LogP contribution in [0.4, 0.5) is 11.6 Å². The minimum Gasteiger partial charge on any atom is -0.350 e. The number of amides is 1. The Kier molecular flexibility index (Phi) is 5.89. The van der Waals surface area contributed by atoms with Crippen LogP contribution in [0.15, 0.2) is 59.4 Å². The molecular weight excluding hydrogens is 352 g/mol. The predicted octanol–water partition coefficient (Wildman–Crippen LogP) is 3.23. The van der Waals surface area contributed by atoms with E-state index in [9.17, 15) is 9.59 Å². The summed E-state index contributed by atoms with van der Waals surface area (Å²) in [5, 5.41) is 6.02. The van der Waals surface area contributed by atoms with Crippen molar-refractivity contribution in [3.63, 3.8) is 0 Å². The number of carbonyl (C=O) groups excluding carboxylic acids is 1. The van der Waals surface area contributed by atoms with Gasteiger partial charge >= 0.3 is 0 Å². The van der Waals surface area contributed by atoms with Crippen molar-refractivity contribution in [2.24, 2.45) is 0 Å². The van der Waals surface area contributed by atoms with Crippen molar-refractivity contribution >= 4 is 17.5 Å². The van der Waals surface area contributed by atoms with E-state index in [-0.39, 0.29) is 18.0 Å². The summed E-state index contributed by atoms with van der Waals surface area (Å²) in [5.74, 6) is 0.0999. The Morgan fingerprint density at radius 1 is 1.00 bits per heavy atom. The monoisotopic (exact) mass is 376 g/mol. The molecule has 2 N–H and O–H groups in total. The van der Waals surface area contributed by atoms with E-state index < -0.39 is 0 Å². The maximum atomic E-state index is 12.5. The van der Waals surface area contributed by atoms with Gasteiger partial charge < -0.3 is 10.6 Å². The van der Waals surface area contributed by atoms with Crippen molar-refractivity contribution in [1.82, 2.24) is 14.9 Å². The second-order valence-corrected chi connectivity index (χ2v) is 6.83. The van der Waals surface area contributed by atoms with Crippen LogP contribution in [0.5, 0.6) is 0 Å². The molecule has 144 valence electrons. The van der Waals surface area contributed by atoms with Crippen LogP contribution < -0.4 is 16.2 Å². The fraction of sp³-hybridized carbons (Fsp3) is 0.227. The molecule has 2 aromatic carbocycles. The van der Waals surface area contributed by atoms with Crippen LogP contribution in [0.2, 0.25) is 0 Å². The zero-order valence-electron chi connectivity index (χ0n) is 16.3. The molecule has 0 aliphatic rings. The molecular formula is C22H24N4O2. The molecule has 6 nitrogen and oxygen atoms in total. The van der Waals surface area contributed by atoms with Crippen molar-refractivity contribution in [1.29, 1.82) is 0 Å². The van der Waals surface area contributed by atoms with Crippen molar-refractivity contribution < 1.29 is 4.79 Å². The SMILES string of the molecule is Cc1cc(=O)n(CC(=O)NCc2ccccc2)c(Nc2ccc(C)c(C)c2)n1. The molecule has 0 spiro atoms. The van der Waals surface area contributed by atoms with Gasteiger partial charge in [0, 0.05) is 24.0 Å². The molecule has 3 aromatic rings. The number of carbonyl (C=O) groups is 1. The molecule has 0 fully saturated rings. The average molecular weight is 376 g/mol. The normalized spacial score (nSPS) is 10.5. The van der Waals surface area contributed by atoms with E-state index in [2.05, 4.69) is 15.6 Å². The van der Waals surface area contributed by atoms with Crippen LogP contribution in [0.1, 0.15) is 22.4 Å². The Hall–Kier alpha value is -3.41. The van der Waals surface area contributed by atoms with Gasteiger partial charge in [-0.3, -0.25) is 14.2 Å². The van der Waals surface area contributed by atoms with E-state index in [0.717, 1.165) is 16.8 Å². The first kappa shape index (κ1) is 19.4. The molecule has 1 amide bonds. The molecule has 0 unspecified atom stereocenters. The largest absolute Gasteiger partial charge is 0.350 e. The van der Waals surface area contributed by atoms with Gasteiger partial charge in [-0.15, -0.1) is 0 Å². The lowest BCUT2D eigenvalue weighted by Crippen LogP contribution is -2.33. The number of hydrogen-bond donors (Lipinski definition) is 2. The predicted molar refractivity (Wildman–Crippen MR) is 111 cm³/mol. The summed E-state index contributed by atoms with van der Waals surface area (Å²) in [5.41, 5.74) is 4.45. The van der Waals surface area contributed by atoms with E-state index in [1.54, 1.807) is 6.92 Å². The Bertz CT molecular complexity index is 1040. The van der Waals surface area contributed by atoms with Crippen molar-refractivity contribution in [2.45, 2.75) is 33.9 Å². The summed E-state index contributed by atoms with van der Waals surface area (Å²) in [7, 11) is 0. The van der Waals surface area contributed by atoms with Gasteiger partial charge in [0.1, 0.15) is 6.54 Å². The summed E-state index contributed by atoms with van der Waals surface area (Å²) in [6, 6.07) is 17.0. The molecule has 0 radical (unpaired) electrons. The van der Waals surface area contributed by atoms with E-state index in [1.165, 1.54) is 16.2 Å². The van der Waals surface area contributed by atoms with Gasteiger partial charge in [0.25, 0.3) is 5.56 Å². The lowest BCUT2D eigenvalue weighted by molar-refractivity contribution is -0.121. The first-order valence-electron chi connectivity index (χ1n) is 9.16. The highest BCUT2D eigenvalue weighted by Gasteiger charge is 2.12. The van der Waals surface area contributed by atoms with Crippen molar-refractivity contribution in [3.05, 3.63) is 87.3 Å². The molecule has 1 aromatic heterocycles. The number of hydrogen-bond acceptors (Lipinski definition) is 4. The lowest BCUT2D eigenvalue weighted by atomic mass is 10.1. The number of nitrogens with zero attached hydrogens (tertiary/aromatic N) is 2. The van der Waals surface area contributed by atoms with Gasteiger partial charge in [0.2, 0.25) is 11.9 Å². The number of aryl methyl sites for hydroxylation is 3. The Balaban J connectivity index is 1.79. The third kappa shape index (κ3) is 4.85. The first-order valence-corrected chi connectivity index (χ1v) is 9.16. The highest BCUT2D eigenvalue weighted by Crippen LogP contribution is 2.18. The van der Waals surface area contributed by atoms with Crippen LogP contribution in [-0.4, -0.2) is 15.5 Å². The minimum absolute atomic E-state index is 0.105. The zero-order valence-corrected chi connectivity index (χ0v) is 16.3. The number of rotatable bonds is 6. The molecule has 0 saturated carbocycles. The maximum Gasteiger partial charge on any atom is 0.255 e. The molecule has 0 aliphatic carbocycles. The molecule has 28 heavy (non-hydrogen) atoms. The minimum atomic E-state index is -0.270. The van der Waals surface area contributed by atoms with Gasteiger partial charge in [-0.05, 0) is 49.6 Å². The second-order valence-electron chi connectivity index (χ2n) is 6.83. The molecule has 0 bridgehead atoms. The Labute approximate surface area is 164 Å². The molecule has 0 aliphatic heterocycles. The average Bonchev–Trinajstić information content (AvgIpc) is 2.66. The summed E-state index contributed by atoms with van der Waals surface area (Å²) in [6.45, 7) is 6.12. The molecule has 0 atom stereocenters. The number of benzene rings is 2. The van der Waals surface area contributed by atoms with Gasteiger partial charge in [-0.25, -0.2) is 4.98 Å².